The zero-order valence-corrected chi connectivity index (χ0v) is 12.5. The lowest BCUT2D eigenvalue weighted by atomic mass is 9.95. The largest absolute Gasteiger partial charge is 0.388 e. The van der Waals surface area contributed by atoms with Gasteiger partial charge in [-0.1, -0.05) is 13.8 Å². The molecule has 1 amide bonds. The number of carbonyl (C=O) groups is 1. The van der Waals surface area contributed by atoms with E-state index in [1.54, 1.807) is 31.8 Å². The number of hydrogen-bond acceptors (Lipinski definition) is 3. The molecule has 5 heteroatoms. The molecule has 1 unspecified atom stereocenters. The lowest BCUT2D eigenvalue weighted by Gasteiger charge is -2.24. The average Bonchev–Trinajstić information content (AvgIpc) is 2.63. The number of aryl methyl sites for hydroxylation is 2. The summed E-state index contributed by atoms with van der Waals surface area (Å²) in [7, 11) is 1.78. The Morgan fingerprint density at radius 2 is 2.21 bits per heavy atom. The molecule has 108 valence electrons. The summed E-state index contributed by atoms with van der Waals surface area (Å²) in [6.07, 6.45) is 3.30. The average molecular weight is 267 g/mol. The third kappa shape index (κ3) is 5.03. The number of nitrogens with zero attached hydrogens (tertiary/aromatic N) is 2. The van der Waals surface area contributed by atoms with Crippen molar-refractivity contribution < 1.29 is 9.90 Å². The second-order valence-electron chi connectivity index (χ2n) is 5.91. The number of carbonyl (C=O) groups excluding carboxylic acids is 1. The Morgan fingerprint density at radius 3 is 2.68 bits per heavy atom. The van der Waals surface area contributed by atoms with E-state index in [1.807, 2.05) is 0 Å². The summed E-state index contributed by atoms with van der Waals surface area (Å²) in [6, 6.07) is 0. The molecule has 5 nitrogen and oxygen atoms in total. The minimum atomic E-state index is -0.865. The normalized spacial score (nSPS) is 14.5. The molecule has 0 aliphatic heterocycles. The number of nitrogens with one attached hydrogen (secondary N) is 1. The first-order chi connectivity index (χ1) is 8.71. The van der Waals surface area contributed by atoms with Gasteiger partial charge in [0.05, 0.1) is 16.9 Å². The van der Waals surface area contributed by atoms with Gasteiger partial charge in [0.15, 0.2) is 0 Å². The molecule has 1 heterocycles. The Labute approximate surface area is 115 Å². The van der Waals surface area contributed by atoms with Gasteiger partial charge in [0.1, 0.15) is 0 Å². The van der Waals surface area contributed by atoms with Crippen LogP contribution in [0.3, 0.4) is 0 Å². The first-order valence-electron chi connectivity index (χ1n) is 6.72. The predicted molar refractivity (Wildman–Crippen MR) is 75.0 cm³/mol. The van der Waals surface area contributed by atoms with E-state index in [0.29, 0.717) is 23.6 Å². The topological polar surface area (TPSA) is 67.2 Å². The second kappa shape index (κ2) is 6.19. The minimum absolute atomic E-state index is 0.185. The molecule has 1 aromatic rings. The summed E-state index contributed by atoms with van der Waals surface area (Å²) in [5, 5.41) is 17.1. The molecule has 0 aliphatic rings. The van der Waals surface area contributed by atoms with Crippen molar-refractivity contribution in [2.45, 2.75) is 46.1 Å². The lowest BCUT2D eigenvalue weighted by Crippen LogP contribution is -2.40. The molecular weight excluding hydrogens is 242 g/mol. The van der Waals surface area contributed by atoms with Crippen LogP contribution in [0.4, 0.5) is 0 Å². The standard InChI is InChI=1S/C14H25N3O2/c1-10(2)6-7-14(4,19)9-15-13(18)12-8-17(5)16-11(12)3/h8,10,19H,6-7,9H2,1-5H3,(H,15,18). The quantitative estimate of drug-likeness (QED) is 0.823. The summed E-state index contributed by atoms with van der Waals surface area (Å²) in [5.41, 5.74) is 0.389. The van der Waals surface area contributed by atoms with E-state index in [-0.39, 0.29) is 12.5 Å². The molecule has 0 aromatic carbocycles. The predicted octanol–water partition coefficient (Wildman–Crippen LogP) is 1.65. The fourth-order valence-electron chi connectivity index (χ4n) is 1.88. The summed E-state index contributed by atoms with van der Waals surface area (Å²) < 4.78 is 1.61. The SMILES string of the molecule is Cc1nn(C)cc1C(=O)NCC(C)(O)CCC(C)C. The molecule has 0 aliphatic carbocycles. The summed E-state index contributed by atoms with van der Waals surface area (Å²) in [4.78, 5) is 12.0. The van der Waals surface area contributed by atoms with Gasteiger partial charge < -0.3 is 10.4 Å². The molecule has 0 saturated carbocycles. The summed E-state index contributed by atoms with van der Waals surface area (Å²) >= 11 is 0. The van der Waals surface area contributed by atoms with E-state index in [2.05, 4.69) is 24.3 Å². The lowest BCUT2D eigenvalue weighted by molar-refractivity contribution is 0.0429. The van der Waals surface area contributed by atoms with Crippen molar-refractivity contribution in [2.75, 3.05) is 6.54 Å². The molecule has 0 radical (unpaired) electrons. The van der Waals surface area contributed by atoms with Crippen LogP contribution in [-0.2, 0) is 7.05 Å². The Hall–Kier alpha value is -1.36. The van der Waals surface area contributed by atoms with Gasteiger partial charge in [0.2, 0.25) is 0 Å². The highest BCUT2D eigenvalue weighted by molar-refractivity contribution is 5.95. The first kappa shape index (κ1) is 15.7. The highest BCUT2D eigenvalue weighted by atomic mass is 16.3. The number of hydrogen-bond donors (Lipinski definition) is 2. The van der Waals surface area contributed by atoms with Gasteiger partial charge >= 0.3 is 0 Å². The zero-order valence-electron chi connectivity index (χ0n) is 12.5. The maximum Gasteiger partial charge on any atom is 0.254 e. The number of aromatic nitrogens is 2. The number of aliphatic hydroxyl groups is 1. The highest BCUT2D eigenvalue weighted by Crippen LogP contribution is 2.15. The van der Waals surface area contributed by atoms with E-state index >= 15 is 0 Å². The van der Waals surface area contributed by atoms with Gasteiger partial charge in [0.25, 0.3) is 5.91 Å². The van der Waals surface area contributed by atoms with Gasteiger partial charge in [-0.3, -0.25) is 9.48 Å². The van der Waals surface area contributed by atoms with Gasteiger partial charge in [-0.2, -0.15) is 5.10 Å². The molecule has 19 heavy (non-hydrogen) atoms. The fraction of sp³-hybridized carbons (Fsp3) is 0.714. The highest BCUT2D eigenvalue weighted by Gasteiger charge is 2.22. The minimum Gasteiger partial charge on any atom is -0.388 e. The number of amides is 1. The second-order valence-corrected chi connectivity index (χ2v) is 5.91. The van der Waals surface area contributed by atoms with Crippen molar-refractivity contribution in [3.63, 3.8) is 0 Å². The molecule has 1 aromatic heterocycles. The molecule has 0 spiro atoms. The Kier molecular flexibility index (Phi) is 5.11. The van der Waals surface area contributed by atoms with Crippen LogP contribution in [0.5, 0.6) is 0 Å². The molecule has 0 fully saturated rings. The van der Waals surface area contributed by atoms with Crippen molar-refractivity contribution in [3.05, 3.63) is 17.5 Å². The molecule has 0 saturated heterocycles. The van der Waals surface area contributed by atoms with Crippen LogP contribution in [0.2, 0.25) is 0 Å². The monoisotopic (exact) mass is 267 g/mol. The van der Waals surface area contributed by atoms with Crippen molar-refractivity contribution in [3.8, 4) is 0 Å². The molecule has 2 N–H and O–H groups in total. The fourth-order valence-corrected chi connectivity index (χ4v) is 1.88. The van der Waals surface area contributed by atoms with Crippen LogP contribution in [-0.4, -0.2) is 32.9 Å². The van der Waals surface area contributed by atoms with Crippen molar-refractivity contribution in [1.29, 1.82) is 0 Å². The molecule has 0 bridgehead atoms. The van der Waals surface area contributed by atoms with Crippen molar-refractivity contribution >= 4 is 5.91 Å². The molecular formula is C14H25N3O2. The Morgan fingerprint density at radius 1 is 1.58 bits per heavy atom. The van der Waals surface area contributed by atoms with E-state index < -0.39 is 5.60 Å². The Balaban J connectivity index is 2.52. The van der Waals surface area contributed by atoms with Gasteiger partial charge in [-0.15, -0.1) is 0 Å². The first-order valence-corrected chi connectivity index (χ1v) is 6.72. The summed E-state index contributed by atoms with van der Waals surface area (Å²) in [5.74, 6) is 0.359. The number of rotatable bonds is 6. The third-order valence-electron chi connectivity index (χ3n) is 3.15. The maximum absolute atomic E-state index is 12.0. The van der Waals surface area contributed by atoms with Crippen LogP contribution in [0, 0.1) is 12.8 Å². The van der Waals surface area contributed by atoms with Gasteiger partial charge in [0, 0.05) is 19.8 Å². The molecule has 1 rings (SSSR count). The van der Waals surface area contributed by atoms with Gasteiger partial charge in [-0.05, 0) is 32.6 Å². The summed E-state index contributed by atoms with van der Waals surface area (Å²) in [6.45, 7) is 8.05. The van der Waals surface area contributed by atoms with E-state index in [4.69, 9.17) is 0 Å². The van der Waals surface area contributed by atoms with Crippen LogP contribution in [0.1, 0.15) is 49.7 Å². The van der Waals surface area contributed by atoms with Crippen molar-refractivity contribution in [2.24, 2.45) is 13.0 Å². The van der Waals surface area contributed by atoms with Crippen LogP contribution in [0.15, 0.2) is 6.20 Å². The zero-order chi connectivity index (χ0) is 14.6. The molecule has 1 atom stereocenters. The van der Waals surface area contributed by atoms with E-state index in [0.717, 1.165) is 6.42 Å². The van der Waals surface area contributed by atoms with E-state index in [9.17, 15) is 9.90 Å². The van der Waals surface area contributed by atoms with Crippen LogP contribution < -0.4 is 5.32 Å². The third-order valence-corrected chi connectivity index (χ3v) is 3.15. The van der Waals surface area contributed by atoms with Crippen LogP contribution in [0.25, 0.3) is 0 Å². The van der Waals surface area contributed by atoms with Crippen LogP contribution >= 0.6 is 0 Å². The van der Waals surface area contributed by atoms with Gasteiger partial charge in [-0.25, -0.2) is 0 Å². The Bertz CT molecular complexity index is 436. The smallest absolute Gasteiger partial charge is 0.254 e. The van der Waals surface area contributed by atoms with Crippen molar-refractivity contribution in [1.82, 2.24) is 15.1 Å². The van der Waals surface area contributed by atoms with E-state index in [1.165, 1.54) is 0 Å². The maximum atomic E-state index is 12.0.